The van der Waals surface area contributed by atoms with E-state index in [1.54, 1.807) is 0 Å². The summed E-state index contributed by atoms with van der Waals surface area (Å²) in [5, 5.41) is 0. The molecule has 4 nitrogen and oxygen atoms in total. The summed E-state index contributed by atoms with van der Waals surface area (Å²) in [5.74, 6) is 2.76. The molecule has 1 saturated carbocycles. The number of rotatable bonds is 1. The van der Waals surface area contributed by atoms with Gasteiger partial charge in [0.15, 0.2) is 11.5 Å². The van der Waals surface area contributed by atoms with Crippen molar-refractivity contribution >= 4 is 11.0 Å². The molecule has 0 bridgehead atoms. The second-order valence-corrected chi connectivity index (χ2v) is 6.22. The number of nitrogens with zero attached hydrogens (tertiary/aromatic N) is 1. The second kappa shape index (κ2) is 4.40. The highest BCUT2D eigenvalue weighted by Crippen LogP contribution is 2.40. The predicted octanol–water partition coefficient (Wildman–Crippen LogP) is 3.56. The summed E-state index contributed by atoms with van der Waals surface area (Å²) in [5.41, 5.74) is 2.23. The third-order valence-corrected chi connectivity index (χ3v) is 4.67. The summed E-state index contributed by atoms with van der Waals surface area (Å²) in [7, 11) is 0. The predicted molar refractivity (Wildman–Crippen MR) is 77.5 cm³/mol. The van der Waals surface area contributed by atoms with Crippen LogP contribution in [0, 0.1) is 0 Å². The summed E-state index contributed by atoms with van der Waals surface area (Å²) in [6, 6.07) is 4.02. The summed E-state index contributed by atoms with van der Waals surface area (Å²) in [6.45, 7) is 3.57. The van der Waals surface area contributed by atoms with E-state index in [1.165, 1.54) is 32.1 Å². The maximum Gasteiger partial charge on any atom is 0.163 e. The molecule has 1 aromatic heterocycles. The first-order chi connectivity index (χ1) is 9.74. The summed E-state index contributed by atoms with van der Waals surface area (Å²) in [4.78, 5) is 8.33. The molecule has 0 radical (unpaired) electrons. The summed E-state index contributed by atoms with van der Waals surface area (Å²) in [6.07, 6.45) is 6.40. The van der Waals surface area contributed by atoms with Gasteiger partial charge in [0, 0.05) is 17.5 Å². The van der Waals surface area contributed by atoms with Crippen molar-refractivity contribution in [2.24, 2.45) is 0 Å². The quantitative estimate of drug-likeness (QED) is 0.863. The molecule has 1 aliphatic heterocycles. The minimum absolute atomic E-state index is 0.194. The van der Waals surface area contributed by atoms with E-state index in [9.17, 15) is 0 Å². The van der Waals surface area contributed by atoms with Crippen molar-refractivity contribution in [3.63, 3.8) is 0 Å². The van der Waals surface area contributed by atoms with Crippen LogP contribution in [-0.2, 0) is 5.41 Å². The zero-order chi connectivity index (χ0) is 13.6. The van der Waals surface area contributed by atoms with Gasteiger partial charge in [0.25, 0.3) is 0 Å². The van der Waals surface area contributed by atoms with E-state index >= 15 is 0 Å². The SMILES string of the molecule is CC1(c2nc3cc4c(cc3[nH]2)OCCO4)CCCCC1. The fraction of sp³-hybridized carbons (Fsp3) is 0.562. The van der Waals surface area contributed by atoms with Crippen LogP contribution in [0.2, 0.25) is 0 Å². The van der Waals surface area contributed by atoms with E-state index in [0.717, 1.165) is 28.4 Å². The monoisotopic (exact) mass is 272 g/mol. The van der Waals surface area contributed by atoms with Crippen molar-refractivity contribution in [2.75, 3.05) is 13.2 Å². The van der Waals surface area contributed by atoms with Gasteiger partial charge in [-0.3, -0.25) is 0 Å². The number of imidazole rings is 1. The molecule has 1 aromatic carbocycles. The largest absolute Gasteiger partial charge is 0.486 e. The summed E-state index contributed by atoms with van der Waals surface area (Å²) < 4.78 is 11.3. The van der Waals surface area contributed by atoms with Gasteiger partial charge in [0.2, 0.25) is 0 Å². The second-order valence-electron chi connectivity index (χ2n) is 6.22. The van der Waals surface area contributed by atoms with Crippen LogP contribution in [-0.4, -0.2) is 23.2 Å². The third-order valence-electron chi connectivity index (χ3n) is 4.67. The Bertz CT molecular complexity index is 598. The molecule has 1 fully saturated rings. The topological polar surface area (TPSA) is 47.1 Å². The van der Waals surface area contributed by atoms with Gasteiger partial charge in [0.05, 0.1) is 11.0 Å². The third kappa shape index (κ3) is 1.86. The van der Waals surface area contributed by atoms with Crippen LogP contribution in [0.3, 0.4) is 0 Å². The molecule has 1 N–H and O–H groups in total. The van der Waals surface area contributed by atoms with E-state index in [2.05, 4.69) is 11.9 Å². The van der Waals surface area contributed by atoms with Crippen molar-refractivity contribution in [1.82, 2.24) is 9.97 Å². The van der Waals surface area contributed by atoms with Gasteiger partial charge in [-0.1, -0.05) is 26.2 Å². The Morgan fingerprint density at radius 1 is 1.05 bits per heavy atom. The van der Waals surface area contributed by atoms with Crippen LogP contribution in [0.25, 0.3) is 11.0 Å². The van der Waals surface area contributed by atoms with Gasteiger partial charge in [-0.05, 0) is 12.8 Å². The van der Waals surface area contributed by atoms with Crippen LogP contribution in [0.5, 0.6) is 11.5 Å². The molecule has 2 heterocycles. The molecular formula is C16H20N2O2. The Morgan fingerprint density at radius 2 is 1.75 bits per heavy atom. The minimum Gasteiger partial charge on any atom is -0.486 e. The molecule has 106 valence electrons. The standard InChI is InChI=1S/C16H20N2O2/c1-16(5-3-2-4-6-16)15-17-11-9-13-14(10-12(11)18-15)20-8-7-19-13/h9-10H,2-8H2,1H3,(H,17,18). The molecule has 1 aliphatic carbocycles. The molecular weight excluding hydrogens is 252 g/mol. The van der Waals surface area contributed by atoms with Gasteiger partial charge in [-0.25, -0.2) is 4.98 Å². The number of aromatic nitrogens is 2. The highest BCUT2D eigenvalue weighted by Gasteiger charge is 2.32. The van der Waals surface area contributed by atoms with Crippen LogP contribution in [0.15, 0.2) is 12.1 Å². The average molecular weight is 272 g/mol. The van der Waals surface area contributed by atoms with Gasteiger partial charge in [-0.15, -0.1) is 0 Å². The minimum atomic E-state index is 0.194. The Balaban J connectivity index is 1.78. The normalized spacial score (nSPS) is 21.1. The van der Waals surface area contributed by atoms with Crippen LogP contribution in [0.1, 0.15) is 44.9 Å². The summed E-state index contributed by atoms with van der Waals surface area (Å²) >= 11 is 0. The molecule has 2 aliphatic rings. The highest BCUT2D eigenvalue weighted by molar-refractivity contribution is 5.80. The van der Waals surface area contributed by atoms with Crippen molar-refractivity contribution < 1.29 is 9.47 Å². The first kappa shape index (κ1) is 12.1. The lowest BCUT2D eigenvalue weighted by molar-refractivity contribution is 0.172. The molecule has 4 heteroatoms. The van der Waals surface area contributed by atoms with Gasteiger partial charge in [0.1, 0.15) is 19.0 Å². The number of aromatic amines is 1. The zero-order valence-electron chi connectivity index (χ0n) is 11.9. The van der Waals surface area contributed by atoms with E-state index in [1.807, 2.05) is 12.1 Å². The maximum atomic E-state index is 5.64. The van der Waals surface area contributed by atoms with Crippen LogP contribution >= 0.6 is 0 Å². The molecule has 0 spiro atoms. The lowest BCUT2D eigenvalue weighted by Gasteiger charge is -2.31. The number of hydrogen-bond donors (Lipinski definition) is 1. The van der Waals surface area contributed by atoms with Crippen LogP contribution in [0.4, 0.5) is 0 Å². The Labute approximate surface area is 118 Å². The number of nitrogens with one attached hydrogen (secondary N) is 1. The lowest BCUT2D eigenvalue weighted by Crippen LogP contribution is -2.26. The average Bonchev–Trinajstić information content (AvgIpc) is 2.89. The molecule has 0 unspecified atom stereocenters. The van der Waals surface area contributed by atoms with Crippen molar-refractivity contribution in [2.45, 2.75) is 44.4 Å². The van der Waals surface area contributed by atoms with E-state index in [-0.39, 0.29) is 5.41 Å². The Hall–Kier alpha value is -1.71. The number of fused-ring (bicyclic) bond motifs is 2. The smallest absolute Gasteiger partial charge is 0.163 e. The lowest BCUT2D eigenvalue weighted by atomic mass is 9.75. The van der Waals surface area contributed by atoms with Crippen molar-refractivity contribution in [1.29, 1.82) is 0 Å². The fourth-order valence-electron chi connectivity index (χ4n) is 3.40. The number of hydrogen-bond acceptors (Lipinski definition) is 3. The van der Waals surface area contributed by atoms with E-state index < -0.39 is 0 Å². The van der Waals surface area contributed by atoms with Crippen molar-refractivity contribution in [3.8, 4) is 11.5 Å². The van der Waals surface area contributed by atoms with Gasteiger partial charge in [-0.2, -0.15) is 0 Å². The Morgan fingerprint density at radius 3 is 2.50 bits per heavy atom. The first-order valence-corrected chi connectivity index (χ1v) is 7.54. The fourth-order valence-corrected chi connectivity index (χ4v) is 3.40. The molecule has 0 saturated heterocycles. The molecule has 0 atom stereocenters. The van der Waals surface area contributed by atoms with Crippen molar-refractivity contribution in [3.05, 3.63) is 18.0 Å². The molecule has 20 heavy (non-hydrogen) atoms. The highest BCUT2D eigenvalue weighted by atomic mass is 16.6. The molecule has 4 rings (SSSR count). The molecule has 2 aromatic rings. The number of ether oxygens (including phenoxy) is 2. The first-order valence-electron chi connectivity index (χ1n) is 7.54. The Kier molecular flexibility index (Phi) is 2.65. The number of H-pyrrole nitrogens is 1. The zero-order valence-corrected chi connectivity index (χ0v) is 11.9. The van der Waals surface area contributed by atoms with E-state index in [0.29, 0.717) is 13.2 Å². The number of benzene rings is 1. The van der Waals surface area contributed by atoms with E-state index in [4.69, 9.17) is 14.5 Å². The molecule has 0 amide bonds. The van der Waals surface area contributed by atoms with Crippen LogP contribution < -0.4 is 9.47 Å². The van der Waals surface area contributed by atoms with Gasteiger partial charge >= 0.3 is 0 Å². The van der Waals surface area contributed by atoms with Gasteiger partial charge < -0.3 is 14.5 Å². The maximum absolute atomic E-state index is 5.64.